The minimum atomic E-state index is 0.826. The van der Waals surface area contributed by atoms with Gasteiger partial charge in [0.1, 0.15) is 0 Å². The van der Waals surface area contributed by atoms with Crippen LogP contribution >= 0.6 is 0 Å². The summed E-state index contributed by atoms with van der Waals surface area (Å²) in [5, 5.41) is 0. The zero-order chi connectivity index (χ0) is 6.53. The number of nitrogens with one attached hydrogen (secondary N) is 1. The van der Waals surface area contributed by atoms with E-state index in [4.69, 9.17) is 0 Å². The zero-order valence-corrected chi connectivity index (χ0v) is 7.38. The molecule has 1 rings (SSSR count). The van der Waals surface area contributed by atoms with Crippen molar-refractivity contribution in [2.24, 2.45) is 0 Å². The van der Waals surface area contributed by atoms with Gasteiger partial charge in [0.05, 0.1) is 0 Å². The van der Waals surface area contributed by atoms with Crippen molar-refractivity contribution in [3.05, 3.63) is 0 Å². The SMILES string of the molecule is [Ti][NH]C1CCCCCC1. The molecule has 0 amide bonds. The average molecular weight is 160 g/mol. The first-order chi connectivity index (χ1) is 4.43. The van der Waals surface area contributed by atoms with Crippen LogP contribution in [0.2, 0.25) is 0 Å². The van der Waals surface area contributed by atoms with Crippen LogP contribution in [0.15, 0.2) is 0 Å². The van der Waals surface area contributed by atoms with Gasteiger partial charge in [-0.15, -0.1) is 0 Å². The van der Waals surface area contributed by atoms with Crippen molar-refractivity contribution >= 4 is 0 Å². The van der Waals surface area contributed by atoms with Gasteiger partial charge in [0.15, 0.2) is 0 Å². The molecule has 0 heterocycles. The van der Waals surface area contributed by atoms with E-state index in [1.165, 1.54) is 38.5 Å². The summed E-state index contributed by atoms with van der Waals surface area (Å²) >= 11 is 2.08. The molecule has 0 aromatic carbocycles. The molecular weight excluding hydrogens is 146 g/mol. The van der Waals surface area contributed by atoms with Crippen LogP contribution in [0.1, 0.15) is 38.5 Å². The molecule has 0 unspecified atom stereocenters. The molecule has 0 aromatic heterocycles. The second-order valence-electron chi connectivity index (χ2n) is 2.83. The topological polar surface area (TPSA) is 12.0 Å². The third-order valence-electron chi connectivity index (χ3n) is 2.06. The summed E-state index contributed by atoms with van der Waals surface area (Å²) in [5.41, 5.74) is 0. The van der Waals surface area contributed by atoms with E-state index < -0.39 is 0 Å². The Kier molecular flexibility index (Phi) is 3.87. The van der Waals surface area contributed by atoms with Crippen LogP contribution in [0.4, 0.5) is 0 Å². The number of hydrogen-bond acceptors (Lipinski definition) is 1. The molecule has 0 bridgehead atoms. The second kappa shape index (κ2) is 4.48. The molecule has 1 aliphatic carbocycles. The predicted octanol–water partition coefficient (Wildman–Crippen LogP) is 1.76. The molecule has 1 nitrogen and oxygen atoms in total. The molecule has 1 fully saturated rings. The van der Waals surface area contributed by atoms with Gasteiger partial charge < -0.3 is 0 Å². The van der Waals surface area contributed by atoms with Crippen molar-refractivity contribution in [3.63, 3.8) is 0 Å². The third-order valence-corrected chi connectivity index (χ3v) is 2.70. The van der Waals surface area contributed by atoms with Gasteiger partial charge in [-0.25, -0.2) is 0 Å². The summed E-state index contributed by atoms with van der Waals surface area (Å²) in [5.74, 6) is 0. The van der Waals surface area contributed by atoms with E-state index in [1.807, 2.05) is 0 Å². The van der Waals surface area contributed by atoms with Crippen LogP contribution in [0.5, 0.6) is 0 Å². The average Bonchev–Trinajstić information content (AvgIpc) is 2.13. The molecule has 0 aromatic rings. The number of rotatable bonds is 1. The quantitative estimate of drug-likeness (QED) is 0.455. The molecule has 9 heavy (non-hydrogen) atoms. The molecule has 2 heteroatoms. The molecule has 0 aliphatic heterocycles. The molecule has 1 saturated carbocycles. The van der Waals surface area contributed by atoms with Crippen LogP contribution in [-0.2, 0) is 20.7 Å². The Labute approximate surface area is 69.3 Å². The summed E-state index contributed by atoms with van der Waals surface area (Å²) in [6, 6.07) is 0.826. The van der Waals surface area contributed by atoms with E-state index in [0.717, 1.165) is 6.04 Å². The monoisotopic (exact) mass is 160 g/mol. The van der Waals surface area contributed by atoms with Gasteiger partial charge in [-0.05, 0) is 0 Å². The molecular formula is C7H14NTi. The van der Waals surface area contributed by atoms with E-state index in [2.05, 4.69) is 24.5 Å². The molecule has 1 aliphatic rings. The Morgan fingerprint density at radius 2 is 1.56 bits per heavy atom. The van der Waals surface area contributed by atoms with Gasteiger partial charge in [0.25, 0.3) is 0 Å². The maximum absolute atomic E-state index is 3.34. The fourth-order valence-corrected chi connectivity index (χ4v) is 1.87. The fourth-order valence-electron chi connectivity index (χ4n) is 1.42. The molecule has 0 radical (unpaired) electrons. The molecule has 1 N–H and O–H groups in total. The van der Waals surface area contributed by atoms with E-state index in [9.17, 15) is 0 Å². The van der Waals surface area contributed by atoms with Crippen LogP contribution in [-0.4, -0.2) is 6.04 Å². The molecule has 0 atom stereocenters. The first-order valence-electron chi connectivity index (χ1n) is 3.86. The molecule has 0 spiro atoms. The summed E-state index contributed by atoms with van der Waals surface area (Å²) in [4.78, 5) is 0. The Morgan fingerprint density at radius 3 is 2.00 bits per heavy atom. The van der Waals surface area contributed by atoms with E-state index >= 15 is 0 Å². The fraction of sp³-hybridized carbons (Fsp3) is 1.00. The van der Waals surface area contributed by atoms with Crippen molar-refractivity contribution in [1.29, 1.82) is 0 Å². The van der Waals surface area contributed by atoms with Crippen molar-refractivity contribution in [3.8, 4) is 0 Å². The van der Waals surface area contributed by atoms with Crippen LogP contribution in [0.25, 0.3) is 0 Å². The third kappa shape index (κ3) is 2.84. The summed E-state index contributed by atoms with van der Waals surface area (Å²) in [6.45, 7) is 0. The second-order valence-corrected chi connectivity index (χ2v) is 3.28. The summed E-state index contributed by atoms with van der Waals surface area (Å²) in [7, 11) is 0. The van der Waals surface area contributed by atoms with Crippen molar-refractivity contribution in [2.45, 2.75) is 44.6 Å². The normalized spacial score (nSPS) is 23.4. The van der Waals surface area contributed by atoms with Gasteiger partial charge in [0.2, 0.25) is 0 Å². The summed E-state index contributed by atoms with van der Waals surface area (Å²) in [6.07, 6.45) is 8.58. The Hall–Kier alpha value is 0.674. The summed E-state index contributed by atoms with van der Waals surface area (Å²) < 4.78 is 3.34. The standard InChI is InChI=1S/C7H14N.Ti/c8-7-5-3-1-2-4-6-7;/h7-8H,1-6H2;/q-1;+1. The van der Waals surface area contributed by atoms with Crippen LogP contribution < -0.4 is 3.80 Å². The molecule has 0 saturated heterocycles. The van der Waals surface area contributed by atoms with E-state index in [-0.39, 0.29) is 0 Å². The van der Waals surface area contributed by atoms with E-state index in [0.29, 0.717) is 0 Å². The van der Waals surface area contributed by atoms with Gasteiger partial charge in [-0.1, -0.05) is 0 Å². The van der Waals surface area contributed by atoms with Crippen molar-refractivity contribution < 1.29 is 20.7 Å². The Balaban J connectivity index is 2.18. The predicted molar refractivity (Wildman–Crippen MR) is 34.6 cm³/mol. The van der Waals surface area contributed by atoms with Gasteiger partial charge in [-0.3, -0.25) is 0 Å². The molecule has 51 valence electrons. The Bertz CT molecular complexity index is 67.3. The van der Waals surface area contributed by atoms with Gasteiger partial charge >= 0.3 is 69.1 Å². The minimum absolute atomic E-state index is 0.826. The first kappa shape index (κ1) is 7.78. The zero-order valence-electron chi connectivity index (χ0n) is 5.82. The number of hydrogen-bond donors (Lipinski definition) is 1. The maximum atomic E-state index is 3.34. The van der Waals surface area contributed by atoms with Crippen LogP contribution in [0, 0.1) is 0 Å². The van der Waals surface area contributed by atoms with Crippen molar-refractivity contribution in [1.82, 2.24) is 3.80 Å². The van der Waals surface area contributed by atoms with E-state index in [1.54, 1.807) is 0 Å². The Morgan fingerprint density at radius 1 is 1.00 bits per heavy atom. The van der Waals surface area contributed by atoms with Crippen LogP contribution in [0.3, 0.4) is 0 Å². The first-order valence-corrected chi connectivity index (χ1v) is 4.64. The van der Waals surface area contributed by atoms with Gasteiger partial charge in [0, 0.05) is 0 Å². The van der Waals surface area contributed by atoms with Crippen molar-refractivity contribution in [2.75, 3.05) is 0 Å². The van der Waals surface area contributed by atoms with Gasteiger partial charge in [-0.2, -0.15) is 0 Å².